The molecule has 0 saturated heterocycles. The number of nitrogens with zero attached hydrogens (tertiary/aromatic N) is 2. The predicted molar refractivity (Wildman–Crippen MR) is 99.2 cm³/mol. The summed E-state index contributed by atoms with van der Waals surface area (Å²) >= 11 is 1.65. The molecule has 4 nitrogen and oxygen atoms in total. The number of thiazole rings is 1. The second-order valence-electron chi connectivity index (χ2n) is 6.34. The summed E-state index contributed by atoms with van der Waals surface area (Å²) in [7, 11) is 0. The first kappa shape index (κ1) is 16.8. The van der Waals surface area contributed by atoms with Crippen molar-refractivity contribution in [3.05, 3.63) is 56.0 Å². The van der Waals surface area contributed by atoms with Crippen molar-refractivity contribution in [3.63, 3.8) is 0 Å². The third-order valence-electron chi connectivity index (χ3n) is 4.56. The summed E-state index contributed by atoms with van der Waals surface area (Å²) in [5.74, 6) is 0.599. The molecule has 1 aromatic heterocycles. The van der Waals surface area contributed by atoms with Crippen LogP contribution in [0.4, 0.5) is 5.69 Å². The van der Waals surface area contributed by atoms with Gasteiger partial charge < -0.3 is 0 Å². The lowest BCUT2D eigenvalue weighted by atomic mass is 9.89. The van der Waals surface area contributed by atoms with Gasteiger partial charge in [-0.1, -0.05) is 50.3 Å². The highest BCUT2D eigenvalue weighted by atomic mass is 32.1. The van der Waals surface area contributed by atoms with E-state index in [9.17, 15) is 10.1 Å². The average molecular weight is 342 g/mol. The van der Waals surface area contributed by atoms with Gasteiger partial charge in [-0.15, -0.1) is 11.3 Å². The third kappa shape index (κ3) is 4.51. The monoisotopic (exact) mass is 342 g/mol. The van der Waals surface area contributed by atoms with Crippen LogP contribution in [0.25, 0.3) is 12.2 Å². The van der Waals surface area contributed by atoms with Crippen molar-refractivity contribution in [1.82, 2.24) is 4.98 Å². The number of aromatic nitrogens is 1. The Labute approximate surface area is 146 Å². The van der Waals surface area contributed by atoms with E-state index in [0.717, 1.165) is 10.6 Å². The van der Waals surface area contributed by atoms with E-state index in [1.807, 2.05) is 18.2 Å². The van der Waals surface area contributed by atoms with Crippen LogP contribution in [-0.4, -0.2) is 9.91 Å². The molecule has 0 amide bonds. The second kappa shape index (κ2) is 8.20. The topological polar surface area (TPSA) is 56.0 Å². The summed E-state index contributed by atoms with van der Waals surface area (Å²) in [6.07, 6.45) is 13.0. The van der Waals surface area contributed by atoms with Crippen LogP contribution in [0.5, 0.6) is 0 Å². The molecule has 0 aliphatic heterocycles. The zero-order chi connectivity index (χ0) is 16.8. The van der Waals surface area contributed by atoms with Crippen molar-refractivity contribution < 1.29 is 4.92 Å². The molecule has 1 saturated carbocycles. The summed E-state index contributed by atoms with van der Waals surface area (Å²) in [6.45, 7) is 0. The molecule has 3 rings (SSSR count). The standard InChI is InChI=1S/C19H22N2O2S/c22-21(23)17-10-6-7-15(13-17)11-12-19-20-18(14-24-19)16-8-4-2-1-3-5-9-16/h6-7,10-14,16H,1-5,8-9H2/b12-11+. The molecule has 1 fully saturated rings. The van der Waals surface area contributed by atoms with Crippen LogP contribution >= 0.6 is 11.3 Å². The van der Waals surface area contributed by atoms with Gasteiger partial charge in [0.1, 0.15) is 5.01 Å². The van der Waals surface area contributed by atoms with Crippen LogP contribution in [0, 0.1) is 10.1 Å². The minimum absolute atomic E-state index is 0.117. The third-order valence-corrected chi connectivity index (χ3v) is 5.39. The smallest absolute Gasteiger partial charge is 0.258 e. The molecule has 0 N–H and O–H groups in total. The SMILES string of the molecule is O=[N+]([O-])c1cccc(/C=C/c2nc(C3CCCCCCC3)cs2)c1. The maximum absolute atomic E-state index is 10.8. The molecule has 0 spiro atoms. The number of hydrogen-bond donors (Lipinski definition) is 0. The van der Waals surface area contributed by atoms with E-state index in [-0.39, 0.29) is 10.6 Å². The van der Waals surface area contributed by atoms with Crippen molar-refractivity contribution in [3.8, 4) is 0 Å². The molecule has 24 heavy (non-hydrogen) atoms. The van der Waals surface area contributed by atoms with Crippen LogP contribution in [0.3, 0.4) is 0 Å². The number of hydrogen-bond acceptors (Lipinski definition) is 4. The average Bonchev–Trinajstić information content (AvgIpc) is 3.02. The summed E-state index contributed by atoms with van der Waals surface area (Å²) < 4.78 is 0. The maximum Gasteiger partial charge on any atom is 0.270 e. The highest BCUT2D eigenvalue weighted by molar-refractivity contribution is 7.10. The van der Waals surface area contributed by atoms with E-state index in [0.29, 0.717) is 5.92 Å². The van der Waals surface area contributed by atoms with E-state index in [2.05, 4.69) is 5.38 Å². The number of nitro benzene ring substituents is 1. The molecular formula is C19H22N2O2S. The van der Waals surface area contributed by atoms with Gasteiger partial charge in [-0.25, -0.2) is 4.98 Å². The fourth-order valence-electron chi connectivity index (χ4n) is 3.23. The molecule has 1 aliphatic carbocycles. The molecule has 1 aromatic carbocycles. The van der Waals surface area contributed by atoms with Crippen LogP contribution < -0.4 is 0 Å². The molecule has 0 bridgehead atoms. The number of benzene rings is 1. The Morgan fingerprint density at radius 2 is 1.88 bits per heavy atom. The second-order valence-corrected chi connectivity index (χ2v) is 7.23. The Balaban J connectivity index is 1.69. The minimum Gasteiger partial charge on any atom is -0.258 e. The summed E-state index contributed by atoms with van der Waals surface area (Å²) in [5.41, 5.74) is 2.17. The van der Waals surface area contributed by atoms with Gasteiger partial charge in [0.05, 0.1) is 10.6 Å². The predicted octanol–water partition coefficient (Wildman–Crippen LogP) is 6.05. The molecule has 2 aromatic rings. The van der Waals surface area contributed by atoms with Gasteiger partial charge in [-0.05, 0) is 24.5 Å². The van der Waals surface area contributed by atoms with E-state index < -0.39 is 0 Å². The van der Waals surface area contributed by atoms with Gasteiger partial charge in [0.2, 0.25) is 0 Å². The first-order chi connectivity index (χ1) is 11.7. The number of rotatable bonds is 4. The van der Waals surface area contributed by atoms with Gasteiger partial charge >= 0.3 is 0 Å². The Morgan fingerprint density at radius 3 is 2.62 bits per heavy atom. The van der Waals surface area contributed by atoms with Crippen molar-refractivity contribution in [2.45, 2.75) is 50.9 Å². The zero-order valence-corrected chi connectivity index (χ0v) is 14.5. The lowest BCUT2D eigenvalue weighted by Gasteiger charge is -2.17. The van der Waals surface area contributed by atoms with Crippen molar-refractivity contribution in [2.24, 2.45) is 0 Å². The van der Waals surface area contributed by atoms with Crippen molar-refractivity contribution in [2.75, 3.05) is 0 Å². The maximum atomic E-state index is 10.8. The van der Waals surface area contributed by atoms with E-state index in [4.69, 9.17) is 4.98 Å². The molecule has 5 heteroatoms. The molecule has 0 atom stereocenters. The molecule has 1 aliphatic rings. The fourth-order valence-corrected chi connectivity index (χ4v) is 4.02. The normalized spacial score (nSPS) is 16.8. The van der Waals surface area contributed by atoms with Crippen molar-refractivity contribution in [1.29, 1.82) is 0 Å². The summed E-state index contributed by atoms with van der Waals surface area (Å²) in [4.78, 5) is 15.2. The molecule has 126 valence electrons. The van der Waals surface area contributed by atoms with Gasteiger partial charge in [-0.3, -0.25) is 10.1 Å². The first-order valence-corrected chi connectivity index (χ1v) is 9.48. The lowest BCUT2D eigenvalue weighted by molar-refractivity contribution is -0.384. The lowest BCUT2D eigenvalue weighted by Crippen LogP contribution is -2.02. The summed E-state index contributed by atoms with van der Waals surface area (Å²) in [6, 6.07) is 6.67. The Hall–Kier alpha value is -2.01. The molecule has 1 heterocycles. The van der Waals surface area contributed by atoms with Crippen LogP contribution in [-0.2, 0) is 0 Å². The van der Waals surface area contributed by atoms with Gasteiger partial charge in [0.15, 0.2) is 0 Å². The van der Waals surface area contributed by atoms with E-state index in [1.165, 1.54) is 56.7 Å². The van der Waals surface area contributed by atoms with Gasteiger partial charge in [0, 0.05) is 23.4 Å². The highest BCUT2D eigenvalue weighted by Crippen LogP contribution is 2.31. The number of non-ortho nitro benzene ring substituents is 1. The number of nitro groups is 1. The van der Waals surface area contributed by atoms with Crippen molar-refractivity contribution >= 4 is 29.2 Å². The zero-order valence-electron chi connectivity index (χ0n) is 13.7. The van der Waals surface area contributed by atoms with Gasteiger partial charge in [0.25, 0.3) is 5.69 Å². The summed E-state index contributed by atoms with van der Waals surface area (Å²) in [5, 5.41) is 14.0. The largest absolute Gasteiger partial charge is 0.270 e. The van der Waals surface area contributed by atoms with Crippen LogP contribution in [0.15, 0.2) is 29.6 Å². The van der Waals surface area contributed by atoms with Crippen LogP contribution in [0.1, 0.15) is 67.1 Å². The minimum atomic E-state index is -0.368. The Morgan fingerprint density at radius 1 is 1.12 bits per heavy atom. The molecular weight excluding hydrogens is 320 g/mol. The fraction of sp³-hybridized carbons (Fsp3) is 0.421. The highest BCUT2D eigenvalue weighted by Gasteiger charge is 2.16. The van der Waals surface area contributed by atoms with Gasteiger partial charge in [-0.2, -0.15) is 0 Å². The van der Waals surface area contributed by atoms with E-state index in [1.54, 1.807) is 23.5 Å². The quantitative estimate of drug-likeness (QED) is 0.502. The van der Waals surface area contributed by atoms with E-state index >= 15 is 0 Å². The first-order valence-electron chi connectivity index (χ1n) is 8.60. The molecule has 0 radical (unpaired) electrons. The Bertz CT molecular complexity index is 716. The molecule has 0 unspecified atom stereocenters. The van der Waals surface area contributed by atoms with Crippen LogP contribution in [0.2, 0.25) is 0 Å². The Kier molecular flexibility index (Phi) is 5.75.